The summed E-state index contributed by atoms with van der Waals surface area (Å²) in [5.74, 6) is 0. The summed E-state index contributed by atoms with van der Waals surface area (Å²) in [5.41, 5.74) is 4.30. The molecule has 15 heavy (non-hydrogen) atoms. The molecule has 1 nitrogen and oxygen atoms in total. The number of rotatable bonds is 2. The van der Waals surface area contributed by atoms with Crippen LogP contribution in [0, 0.1) is 6.92 Å². The highest BCUT2D eigenvalue weighted by atomic mass is 15.1. The summed E-state index contributed by atoms with van der Waals surface area (Å²) < 4.78 is 0. The number of benzene rings is 1. The zero-order valence-corrected chi connectivity index (χ0v) is 9.92. The molecule has 0 atom stereocenters. The number of piperidine rings is 1. The summed E-state index contributed by atoms with van der Waals surface area (Å²) in [6, 6.07) is 6.98. The summed E-state index contributed by atoms with van der Waals surface area (Å²) in [5, 5.41) is 0. The Hall–Kier alpha value is -0.980. The van der Waals surface area contributed by atoms with Gasteiger partial charge in [-0.25, -0.2) is 0 Å². The maximum Gasteiger partial charge on any atom is 0.0371 e. The van der Waals surface area contributed by atoms with Crippen LogP contribution in [0.15, 0.2) is 18.2 Å². The predicted molar refractivity (Wildman–Crippen MR) is 66.6 cm³/mol. The van der Waals surface area contributed by atoms with Gasteiger partial charge < -0.3 is 4.90 Å². The third kappa shape index (κ3) is 2.53. The van der Waals surface area contributed by atoms with E-state index >= 15 is 0 Å². The Kier molecular flexibility index (Phi) is 3.30. The first-order chi connectivity index (χ1) is 7.29. The van der Waals surface area contributed by atoms with Gasteiger partial charge in [-0.3, -0.25) is 0 Å². The Morgan fingerprint density at radius 1 is 1.07 bits per heavy atom. The molecule has 0 bridgehead atoms. The predicted octanol–water partition coefficient (Wildman–Crippen LogP) is 3.55. The summed E-state index contributed by atoms with van der Waals surface area (Å²) in [4.78, 5) is 2.54. The van der Waals surface area contributed by atoms with E-state index in [0.717, 1.165) is 6.42 Å². The molecular formula is C14H21N. The molecule has 0 aromatic heterocycles. The monoisotopic (exact) mass is 203 g/mol. The Morgan fingerprint density at radius 3 is 2.47 bits per heavy atom. The van der Waals surface area contributed by atoms with Gasteiger partial charge in [0.25, 0.3) is 0 Å². The quantitative estimate of drug-likeness (QED) is 0.710. The van der Waals surface area contributed by atoms with Crippen LogP contribution in [0.1, 0.15) is 37.3 Å². The van der Waals surface area contributed by atoms with E-state index in [-0.39, 0.29) is 0 Å². The van der Waals surface area contributed by atoms with Gasteiger partial charge in [0.1, 0.15) is 0 Å². The van der Waals surface area contributed by atoms with Gasteiger partial charge >= 0.3 is 0 Å². The molecule has 0 radical (unpaired) electrons. The van der Waals surface area contributed by atoms with Crippen LogP contribution in [0.25, 0.3) is 0 Å². The van der Waals surface area contributed by atoms with Crippen molar-refractivity contribution in [2.75, 3.05) is 18.0 Å². The van der Waals surface area contributed by atoms with Crippen molar-refractivity contribution < 1.29 is 0 Å². The Bertz CT molecular complexity index is 324. The maximum absolute atomic E-state index is 2.54. The van der Waals surface area contributed by atoms with Crippen molar-refractivity contribution in [3.05, 3.63) is 29.3 Å². The molecule has 1 heterocycles. The highest BCUT2D eigenvalue weighted by molar-refractivity contribution is 5.51. The molecule has 0 spiro atoms. The van der Waals surface area contributed by atoms with E-state index < -0.39 is 0 Å². The van der Waals surface area contributed by atoms with Crippen LogP contribution in [0.4, 0.5) is 5.69 Å². The molecule has 82 valence electrons. The van der Waals surface area contributed by atoms with Crippen molar-refractivity contribution in [1.82, 2.24) is 0 Å². The number of hydrogen-bond donors (Lipinski definition) is 0. The summed E-state index contributed by atoms with van der Waals surface area (Å²) in [7, 11) is 0. The van der Waals surface area contributed by atoms with Crippen LogP contribution in [0.5, 0.6) is 0 Å². The van der Waals surface area contributed by atoms with E-state index in [9.17, 15) is 0 Å². The fourth-order valence-electron chi connectivity index (χ4n) is 2.38. The molecule has 1 aliphatic rings. The Morgan fingerprint density at radius 2 is 1.80 bits per heavy atom. The first-order valence-corrected chi connectivity index (χ1v) is 6.15. The maximum atomic E-state index is 2.54. The molecule has 0 aliphatic carbocycles. The van der Waals surface area contributed by atoms with E-state index in [1.165, 1.54) is 49.2 Å². The van der Waals surface area contributed by atoms with Crippen molar-refractivity contribution in [3.63, 3.8) is 0 Å². The molecule has 1 aliphatic heterocycles. The lowest BCUT2D eigenvalue weighted by molar-refractivity contribution is 0.577. The first kappa shape index (κ1) is 10.5. The molecule has 1 aromatic carbocycles. The van der Waals surface area contributed by atoms with Gasteiger partial charge in [0.05, 0.1) is 0 Å². The van der Waals surface area contributed by atoms with Gasteiger partial charge in [-0.05, 0) is 55.9 Å². The SMILES string of the molecule is CCc1cc(C)cc(N2CCCCC2)c1. The van der Waals surface area contributed by atoms with Crippen LogP contribution in [-0.2, 0) is 6.42 Å². The highest BCUT2D eigenvalue weighted by Gasteiger charge is 2.11. The van der Waals surface area contributed by atoms with Crippen molar-refractivity contribution in [2.24, 2.45) is 0 Å². The number of aryl methyl sites for hydroxylation is 2. The first-order valence-electron chi connectivity index (χ1n) is 6.15. The molecule has 1 saturated heterocycles. The zero-order valence-electron chi connectivity index (χ0n) is 9.92. The Balaban J connectivity index is 2.22. The van der Waals surface area contributed by atoms with E-state index in [4.69, 9.17) is 0 Å². The Labute approximate surface area is 93.1 Å². The van der Waals surface area contributed by atoms with Crippen LogP contribution in [0.3, 0.4) is 0 Å². The van der Waals surface area contributed by atoms with Crippen molar-refractivity contribution >= 4 is 5.69 Å². The van der Waals surface area contributed by atoms with Crippen LogP contribution < -0.4 is 4.90 Å². The van der Waals surface area contributed by atoms with Gasteiger partial charge in [0.15, 0.2) is 0 Å². The van der Waals surface area contributed by atoms with E-state index in [2.05, 4.69) is 36.9 Å². The lowest BCUT2D eigenvalue weighted by Crippen LogP contribution is -2.29. The lowest BCUT2D eigenvalue weighted by atomic mass is 10.1. The van der Waals surface area contributed by atoms with E-state index in [1.54, 1.807) is 0 Å². The second-order valence-electron chi connectivity index (χ2n) is 4.58. The third-order valence-electron chi connectivity index (χ3n) is 3.25. The zero-order chi connectivity index (χ0) is 10.7. The molecule has 0 amide bonds. The lowest BCUT2D eigenvalue weighted by Gasteiger charge is -2.29. The minimum Gasteiger partial charge on any atom is -0.372 e. The minimum atomic E-state index is 1.14. The highest BCUT2D eigenvalue weighted by Crippen LogP contribution is 2.22. The standard InChI is InChI=1S/C14H21N/c1-3-13-9-12(2)10-14(11-13)15-7-5-4-6-8-15/h9-11H,3-8H2,1-2H3. The van der Waals surface area contributed by atoms with Gasteiger partial charge in [0, 0.05) is 18.8 Å². The second kappa shape index (κ2) is 4.69. The summed E-state index contributed by atoms with van der Waals surface area (Å²) >= 11 is 0. The van der Waals surface area contributed by atoms with Crippen LogP contribution in [0.2, 0.25) is 0 Å². The second-order valence-corrected chi connectivity index (χ2v) is 4.58. The largest absolute Gasteiger partial charge is 0.372 e. The summed E-state index contributed by atoms with van der Waals surface area (Å²) in [6.45, 7) is 6.92. The number of nitrogens with zero attached hydrogens (tertiary/aromatic N) is 1. The summed E-state index contributed by atoms with van der Waals surface area (Å²) in [6.07, 6.45) is 5.26. The average Bonchev–Trinajstić information content (AvgIpc) is 2.29. The van der Waals surface area contributed by atoms with Crippen molar-refractivity contribution in [1.29, 1.82) is 0 Å². The molecular weight excluding hydrogens is 182 g/mol. The molecule has 0 N–H and O–H groups in total. The molecule has 2 rings (SSSR count). The van der Waals surface area contributed by atoms with Gasteiger partial charge in [-0.15, -0.1) is 0 Å². The third-order valence-corrected chi connectivity index (χ3v) is 3.25. The topological polar surface area (TPSA) is 3.24 Å². The van der Waals surface area contributed by atoms with E-state index in [0.29, 0.717) is 0 Å². The van der Waals surface area contributed by atoms with Crippen molar-refractivity contribution in [2.45, 2.75) is 39.5 Å². The van der Waals surface area contributed by atoms with Crippen LogP contribution >= 0.6 is 0 Å². The number of hydrogen-bond acceptors (Lipinski definition) is 1. The normalized spacial score (nSPS) is 16.8. The van der Waals surface area contributed by atoms with Crippen LogP contribution in [-0.4, -0.2) is 13.1 Å². The van der Waals surface area contributed by atoms with Crippen molar-refractivity contribution in [3.8, 4) is 0 Å². The van der Waals surface area contributed by atoms with E-state index in [1.807, 2.05) is 0 Å². The average molecular weight is 203 g/mol. The number of anilines is 1. The smallest absolute Gasteiger partial charge is 0.0371 e. The fraction of sp³-hybridized carbons (Fsp3) is 0.571. The molecule has 1 aromatic rings. The molecule has 1 heteroatoms. The molecule has 0 unspecified atom stereocenters. The molecule has 1 fully saturated rings. The minimum absolute atomic E-state index is 1.14. The molecule has 0 saturated carbocycles. The van der Waals surface area contributed by atoms with Gasteiger partial charge in [-0.2, -0.15) is 0 Å². The van der Waals surface area contributed by atoms with Gasteiger partial charge in [0.2, 0.25) is 0 Å². The van der Waals surface area contributed by atoms with Gasteiger partial charge in [-0.1, -0.05) is 13.0 Å². The fourth-order valence-corrected chi connectivity index (χ4v) is 2.38.